The SMILES string of the molecule is CCCCCCCCCCCC(=O)NN=C(C)c1ccccc1Cl. The van der Waals surface area contributed by atoms with Crippen LogP contribution in [0, 0.1) is 0 Å². The Morgan fingerprint density at radius 1 is 1.00 bits per heavy atom. The van der Waals surface area contributed by atoms with Gasteiger partial charge >= 0.3 is 0 Å². The molecule has 0 fully saturated rings. The minimum Gasteiger partial charge on any atom is -0.273 e. The lowest BCUT2D eigenvalue weighted by Gasteiger charge is -2.05. The summed E-state index contributed by atoms with van der Waals surface area (Å²) in [6.07, 6.45) is 11.8. The topological polar surface area (TPSA) is 41.5 Å². The van der Waals surface area contributed by atoms with E-state index in [9.17, 15) is 4.79 Å². The second-order valence-corrected chi connectivity index (χ2v) is 6.70. The summed E-state index contributed by atoms with van der Waals surface area (Å²) in [5, 5.41) is 4.79. The Bertz CT molecular complexity index is 514. The highest BCUT2D eigenvalue weighted by atomic mass is 35.5. The number of nitrogens with zero attached hydrogens (tertiary/aromatic N) is 1. The summed E-state index contributed by atoms with van der Waals surface area (Å²) in [4.78, 5) is 11.8. The lowest BCUT2D eigenvalue weighted by atomic mass is 10.1. The quantitative estimate of drug-likeness (QED) is 0.276. The molecule has 1 aromatic carbocycles. The van der Waals surface area contributed by atoms with Gasteiger partial charge in [-0.1, -0.05) is 88.1 Å². The highest BCUT2D eigenvalue weighted by Crippen LogP contribution is 2.15. The van der Waals surface area contributed by atoms with Crippen molar-refractivity contribution < 1.29 is 4.79 Å². The first-order valence-electron chi connectivity index (χ1n) is 9.23. The molecular formula is C20H31ClN2O. The lowest BCUT2D eigenvalue weighted by molar-refractivity contribution is -0.121. The summed E-state index contributed by atoms with van der Waals surface area (Å²) in [7, 11) is 0. The molecule has 0 spiro atoms. The maximum atomic E-state index is 11.8. The lowest BCUT2D eigenvalue weighted by Crippen LogP contribution is -2.18. The number of nitrogens with one attached hydrogen (secondary N) is 1. The molecule has 0 saturated carbocycles. The van der Waals surface area contributed by atoms with Crippen LogP contribution in [0.5, 0.6) is 0 Å². The van der Waals surface area contributed by atoms with E-state index >= 15 is 0 Å². The van der Waals surface area contributed by atoms with Gasteiger partial charge in [-0.25, -0.2) is 5.43 Å². The third-order valence-corrected chi connectivity index (χ3v) is 4.45. The first kappa shape index (κ1) is 20.7. The van der Waals surface area contributed by atoms with E-state index in [1.165, 1.54) is 44.9 Å². The Morgan fingerprint density at radius 3 is 2.21 bits per heavy atom. The van der Waals surface area contributed by atoms with Gasteiger partial charge in [0.05, 0.1) is 5.71 Å². The van der Waals surface area contributed by atoms with Gasteiger partial charge in [-0.05, 0) is 19.4 Å². The van der Waals surface area contributed by atoms with Crippen molar-refractivity contribution in [1.82, 2.24) is 5.43 Å². The van der Waals surface area contributed by atoms with Crippen LogP contribution in [0.4, 0.5) is 0 Å². The Morgan fingerprint density at radius 2 is 1.58 bits per heavy atom. The number of carbonyl (C=O) groups is 1. The molecule has 0 aliphatic carbocycles. The number of unbranched alkanes of at least 4 members (excludes halogenated alkanes) is 8. The molecular weight excluding hydrogens is 320 g/mol. The number of rotatable bonds is 12. The molecule has 0 radical (unpaired) electrons. The van der Waals surface area contributed by atoms with Gasteiger partial charge in [0.25, 0.3) is 0 Å². The molecule has 0 aromatic heterocycles. The molecule has 1 amide bonds. The molecule has 0 atom stereocenters. The fourth-order valence-electron chi connectivity index (χ4n) is 2.61. The van der Waals surface area contributed by atoms with Crippen molar-refractivity contribution in [3.8, 4) is 0 Å². The maximum absolute atomic E-state index is 11.8. The van der Waals surface area contributed by atoms with Crippen molar-refractivity contribution in [2.75, 3.05) is 0 Å². The van der Waals surface area contributed by atoms with E-state index in [0.717, 1.165) is 24.1 Å². The van der Waals surface area contributed by atoms with Gasteiger partial charge in [-0.15, -0.1) is 0 Å². The van der Waals surface area contributed by atoms with E-state index < -0.39 is 0 Å². The number of hydrazone groups is 1. The van der Waals surface area contributed by atoms with Crippen molar-refractivity contribution in [2.45, 2.75) is 78.1 Å². The van der Waals surface area contributed by atoms with Gasteiger partial charge in [-0.2, -0.15) is 5.10 Å². The Kier molecular flexibility index (Phi) is 11.2. The molecule has 4 heteroatoms. The van der Waals surface area contributed by atoms with E-state index in [0.29, 0.717) is 11.4 Å². The van der Waals surface area contributed by atoms with E-state index in [1.807, 2.05) is 31.2 Å². The minimum atomic E-state index is -0.0238. The first-order chi connectivity index (χ1) is 11.6. The number of carbonyl (C=O) groups excluding carboxylic acids is 1. The number of hydrogen-bond acceptors (Lipinski definition) is 2. The van der Waals surface area contributed by atoms with Crippen LogP contribution in [0.15, 0.2) is 29.4 Å². The fourth-order valence-corrected chi connectivity index (χ4v) is 2.89. The molecule has 0 bridgehead atoms. The maximum Gasteiger partial charge on any atom is 0.240 e. The largest absolute Gasteiger partial charge is 0.273 e. The molecule has 0 aliphatic heterocycles. The van der Waals surface area contributed by atoms with E-state index in [-0.39, 0.29) is 5.91 Å². The zero-order valence-electron chi connectivity index (χ0n) is 15.1. The van der Waals surface area contributed by atoms with E-state index in [4.69, 9.17) is 11.6 Å². The Labute approximate surface area is 151 Å². The minimum absolute atomic E-state index is 0.0238. The van der Waals surface area contributed by atoms with Crippen molar-refractivity contribution in [3.63, 3.8) is 0 Å². The molecule has 1 N–H and O–H groups in total. The van der Waals surface area contributed by atoms with Crippen molar-refractivity contribution in [3.05, 3.63) is 34.9 Å². The second-order valence-electron chi connectivity index (χ2n) is 6.29. The van der Waals surface area contributed by atoms with Gasteiger partial charge in [0.15, 0.2) is 0 Å². The molecule has 24 heavy (non-hydrogen) atoms. The van der Waals surface area contributed by atoms with E-state index in [2.05, 4.69) is 17.5 Å². The van der Waals surface area contributed by atoms with Crippen LogP contribution in [0.2, 0.25) is 5.02 Å². The van der Waals surface area contributed by atoms with Gasteiger partial charge in [-0.3, -0.25) is 4.79 Å². The predicted octanol–water partition coefficient (Wildman–Crippen LogP) is 6.10. The van der Waals surface area contributed by atoms with Crippen LogP contribution in [-0.2, 0) is 4.79 Å². The van der Waals surface area contributed by atoms with Crippen LogP contribution in [0.25, 0.3) is 0 Å². The Balaban J connectivity index is 2.12. The zero-order chi connectivity index (χ0) is 17.6. The van der Waals surface area contributed by atoms with Crippen molar-refractivity contribution in [2.24, 2.45) is 5.10 Å². The molecule has 1 rings (SSSR count). The van der Waals surface area contributed by atoms with Gasteiger partial charge in [0.1, 0.15) is 0 Å². The normalized spacial score (nSPS) is 11.5. The summed E-state index contributed by atoms with van der Waals surface area (Å²) in [6.45, 7) is 4.09. The van der Waals surface area contributed by atoms with Crippen LogP contribution in [0.1, 0.15) is 83.6 Å². The summed E-state index contributed by atoms with van der Waals surface area (Å²) in [5.74, 6) is -0.0238. The van der Waals surface area contributed by atoms with Crippen LogP contribution >= 0.6 is 11.6 Å². The molecule has 0 heterocycles. The van der Waals surface area contributed by atoms with Gasteiger partial charge < -0.3 is 0 Å². The number of hydrogen-bond donors (Lipinski definition) is 1. The monoisotopic (exact) mass is 350 g/mol. The molecule has 1 aromatic rings. The number of amides is 1. The van der Waals surface area contributed by atoms with Crippen molar-refractivity contribution in [1.29, 1.82) is 0 Å². The standard InChI is InChI=1S/C20H31ClN2O/c1-3-4-5-6-7-8-9-10-11-16-20(24)23-22-17(2)18-14-12-13-15-19(18)21/h12-15H,3-11,16H2,1-2H3,(H,23,24). The molecule has 0 aliphatic rings. The van der Waals surface area contributed by atoms with Gasteiger partial charge in [0, 0.05) is 17.0 Å². The number of benzene rings is 1. The molecule has 0 unspecified atom stereocenters. The third kappa shape index (κ3) is 9.07. The summed E-state index contributed by atoms with van der Waals surface area (Å²) >= 11 is 6.11. The smallest absolute Gasteiger partial charge is 0.240 e. The fraction of sp³-hybridized carbons (Fsp3) is 0.600. The summed E-state index contributed by atoms with van der Waals surface area (Å²) in [6, 6.07) is 7.50. The van der Waals surface area contributed by atoms with Gasteiger partial charge in [0.2, 0.25) is 5.91 Å². The summed E-state index contributed by atoms with van der Waals surface area (Å²) in [5.41, 5.74) is 4.20. The van der Waals surface area contributed by atoms with Crippen LogP contribution < -0.4 is 5.43 Å². The predicted molar refractivity (Wildman–Crippen MR) is 104 cm³/mol. The van der Waals surface area contributed by atoms with Crippen LogP contribution in [-0.4, -0.2) is 11.6 Å². The van der Waals surface area contributed by atoms with E-state index in [1.54, 1.807) is 0 Å². The molecule has 0 saturated heterocycles. The highest BCUT2D eigenvalue weighted by Gasteiger charge is 2.04. The summed E-state index contributed by atoms with van der Waals surface area (Å²) < 4.78 is 0. The first-order valence-corrected chi connectivity index (χ1v) is 9.61. The molecule has 3 nitrogen and oxygen atoms in total. The number of halogens is 1. The van der Waals surface area contributed by atoms with Crippen LogP contribution in [0.3, 0.4) is 0 Å². The zero-order valence-corrected chi connectivity index (χ0v) is 15.9. The third-order valence-electron chi connectivity index (χ3n) is 4.12. The average Bonchev–Trinajstić information content (AvgIpc) is 2.58. The average molecular weight is 351 g/mol. The highest BCUT2D eigenvalue weighted by molar-refractivity contribution is 6.34. The Hall–Kier alpha value is -1.35. The molecule has 134 valence electrons. The van der Waals surface area contributed by atoms with Crippen molar-refractivity contribution >= 4 is 23.2 Å². The second kappa shape index (κ2) is 13.0.